The normalized spacial score (nSPS) is 14.8. The van der Waals surface area contributed by atoms with E-state index in [9.17, 15) is 13.2 Å². The first-order chi connectivity index (χ1) is 18.2. The zero-order chi connectivity index (χ0) is 27.1. The molecule has 7 heteroatoms. The average Bonchev–Trinajstić information content (AvgIpc) is 2.93. The van der Waals surface area contributed by atoms with Crippen molar-refractivity contribution in [3.05, 3.63) is 102 Å². The van der Waals surface area contributed by atoms with Gasteiger partial charge in [0.25, 0.3) is 10.0 Å². The fourth-order valence-electron chi connectivity index (χ4n) is 4.48. The topological polar surface area (TPSA) is 60.9 Å². The fourth-order valence-corrected chi connectivity index (χ4v) is 5.90. The lowest BCUT2D eigenvalue weighted by Crippen LogP contribution is -2.51. The molecule has 38 heavy (non-hydrogen) atoms. The number of rotatable bonds is 9. The third-order valence-corrected chi connectivity index (χ3v) is 8.72. The van der Waals surface area contributed by atoms with Crippen LogP contribution in [0.1, 0.15) is 36.5 Å². The van der Waals surface area contributed by atoms with Crippen LogP contribution in [-0.4, -0.2) is 63.4 Å². The Hall–Kier alpha value is -3.42. The highest BCUT2D eigenvalue weighted by Gasteiger charge is 2.30. The van der Waals surface area contributed by atoms with Gasteiger partial charge in [-0.1, -0.05) is 86.2 Å². The van der Waals surface area contributed by atoms with Crippen LogP contribution in [0.5, 0.6) is 0 Å². The molecule has 0 saturated carbocycles. The van der Waals surface area contributed by atoms with Crippen LogP contribution in [0.4, 0.5) is 5.69 Å². The van der Waals surface area contributed by atoms with Crippen molar-refractivity contribution in [1.29, 1.82) is 0 Å². The van der Waals surface area contributed by atoms with E-state index >= 15 is 0 Å². The summed E-state index contributed by atoms with van der Waals surface area (Å²) in [5.41, 5.74) is 3.75. The molecule has 1 fully saturated rings. The molecule has 0 aromatic heterocycles. The van der Waals surface area contributed by atoms with Crippen molar-refractivity contribution < 1.29 is 13.2 Å². The minimum Gasteiger partial charge on any atom is -0.339 e. The Bertz CT molecular complexity index is 1330. The molecule has 0 atom stereocenters. The van der Waals surface area contributed by atoms with Crippen molar-refractivity contribution >= 4 is 27.7 Å². The molecule has 6 nitrogen and oxygen atoms in total. The standard InChI is InChI=1S/C31H37N3O3S/c1-25(2)28-13-15-29(16-14-28)34(38(36,37)30-17-11-26(3)12-18-30)24-31(35)33-22-20-32(21-23-33)19-7-10-27-8-5-4-6-9-27/h4-18,25H,19-24H2,1-3H3/b10-7+. The van der Waals surface area contributed by atoms with Crippen LogP contribution in [0.15, 0.2) is 89.8 Å². The van der Waals surface area contributed by atoms with Gasteiger partial charge in [-0.3, -0.25) is 14.0 Å². The quantitative estimate of drug-likeness (QED) is 0.382. The highest BCUT2D eigenvalue weighted by atomic mass is 32.2. The van der Waals surface area contributed by atoms with Gasteiger partial charge in [0.05, 0.1) is 10.6 Å². The lowest BCUT2D eigenvalue weighted by molar-refractivity contribution is -0.131. The summed E-state index contributed by atoms with van der Waals surface area (Å²) in [6.45, 7) is 9.33. The number of hydrogen-bond donors (Lipinski definition) is 0. The van der Waals surface area contributed by atoms with Crippen molar-refractivity contribution in [3.63, 3.8) is 0 Å². The van der Waals surface area contributed by atoms with Crippen LogP contribution in [0.2, 0.25) is 0 Å². The molecule has 1 heterocycles. The number of amides is 1. The van der Waals surface area contributed by atoms with E-state index in [1.54, 1.807) is 41.3 Å². The van der Waals surface area contributed by atoms with Gasteiger partial charge in [0.1, 0.15) is 6.54 Å². The second kappa shape index (κ2) is 12.4. The number of anilines is 1. The molecule has 200 valence electrons. The molecule has 3 aromatic rings. The maximum atomic E-state index is 13.7. The molecule has 4 rings (SSSR count). The van der Waals surface area contributed by atoms with E-state index in [1.807, 2.05) is 37.3 Å². The summed E-state index contributed by atoms with van der Waals surface area (Å²) in [6.07, 6.45) is 4.25. The Morgan fingerprint density at radius 3 is 2.13 bits per heavy atom. The van der Waals surface area contributed by atoms with E-state index in [4.69, 9.17) is 0 Å². The van der Waals surface area contributed by atoms with Gasteiger partial charge in [0.2, 0.25) is 5.91 Å². The zero-order valence-corrected chi connectivity index (χ0v) is 23.3. The number of hydrogen-bond acceptors (Lipinski definition) is 4. The van der Waals surface area contributed by atoms with Crippen molar-refractivity contribution in [1.82, 2.24) is 9.80 Å². The van der Waals surface area contributed by atoms with E-state index in [0.717, 1.165) is 36.3 Å². The van der Waals surface area contributed by atoms with Crippen LogP contribution in [0, 0.1) is 6.92 Å². The second-order valence-electron chi connectivity index (χ2n) is 10.1. The van der Waals surface area contributed by atoms with Crippen molar-refractivity contribution in [3.8, 4) is 0 Å². The summed E-state index contributed by atoms with van der Waals surface area (Å²) < 4.78 is 28.7. The average molecular weight is 532 g/mol. The maximum absolute atomic E-state index is 13.7. The number of benzene rings is 3. The minimum atomic E-state index is -3.92. The monoisotopic (exact) mass is 531 g/mol. The number of sulfonamides is 1. The zero-order valence-electron chi connectivity index (χ0n) is 22.5. The summed E-state index contributed by atoms with van der Waals surface area (Å²) in [7, 11) is -3.92. The molecular formula is C31H37N3O3S. The first-order valence-electron chi connectivity index (χ1n) is 13.1. The number of carbonyl (C=O) groups is 1. The number of nitrogens with zero attached hydrogens (tertiary/aromatic N) is 3. The molecule has 1 amide bonds. The smallest absolute Gasteiger partial charge is 0.264 e. The third-order valence-electron chi connectivity index (χ3n) is 6.93. The summed E-state index contributed by atoms with van der Waals surface area (Å²) in [5, 5.41) is 0. The largest absolute Gasteiger partial charge is 0.339 e. The number of aryl methyl sites for hydroxylation is 1. The lowest BCUT2D eigenvalue weighted by atomic mass is 10.0. The van der Waals surface area contributed by atoms with E-state index in [2.05, 4.69) is 43.0 Å². The lowest BCUT2D eigenvalue weighted by Gasteiger charge is -2.35. The summed E-state index contributed by atoms with van der Waals surface area (Å²) >= 11 is 0. The molecule has 0 spiro atoms. The molecule has 0 N–H and O–H groups in total. The molecule has 3 aromatic carbocycles. The maximum Gasteiger partial charge on any atom is 0.264 e. The van der Waals surface area contributed by atoms with Crippen molar-refractivity contribution in [2.45, 2.75) is 31.6 Å². The second-order valence-corrected chi connectivity index (χ2v) is 11.9. The highest BCUT2D eigenvalue weighted by molar-refractivity contribution is 7.92. The van der Waals surface area contributed by atoms with Crippen LogP contribution < -0.4 is 4.31 Å². The van der Waals surface area contributed by atoms with Crippen LogP contribution in [0.3, 0.4) is 0 Å². The Labute approximate surface area is 227 Å². The third kappa shape index (κ3) is 6.91. The molecule has 1 aliphatic rings. The summed E-state index contributed by atoms with van der Waals surface area (Å²) in [4.78, 5) is 17.6. The minimum absolute atomic E-state index is 0.179. The van der Waals surface area contributed by atoms with Gasteiger partial charge in [-0.2, -0.15) is 0 Å². The van der Waals surface area contributed by atoms with Crippen LogP contribution in [0.25, 0.3) is 6.08 Å². The predicted octanol–water partition coefficient (Wildman–Crippen LogP) is 5.17. The van der Waals surface area contributed by atoms with Crippen LogP contribution in [-0.2, 0) is 14.8 Å². The van der Waals surface area contributed by atoms with Gasteiger partial charge in [-0.05, 0) is 48.2 Å². The first-order valence-corrected chi connectivity index (χ1v) is 14.6. The SMILES string of the molecule is Cc1ccc(S(=O)(=O)N(CC(=O)N2CCN(C/C=C/c3ccccc3)CC2)c2ccc(C(C)C)cc2)cc1. The van der Waals surface area contributed by atoms with E-state index in [-0.39, 0.29) is 17.3 Å². The Balaban J connectivity index is 1.45. The summed E-state index contributed by atoms with van der Waals surface area (Å²) in [6, 6.07) is 24.4. The molecule has 0 aliphatic carbocycles. The predicted molar refractivity (Wildman–Crippen MR) is 155 cm³/mol. The Kier molecular flexibility index (Phi) is 9.02. The molecule has 0 bridgehead atoms. The summed E-state index contributed by atoms with van der Waals surface area (Å²) in [5.74, 6) is 0.139. The molecule has 0 radical (unpaired) electrons. The molecule has 1 aliphatic heterocycles. The van der Waals surface area contributed by atoms with E-state index in [1.165, 1.54) is 4.31 Å². The van der Waals surface area contributed by atoms with Gasteiger partial charge in [-0.25, -0.2) is 8.42 Å². The van der Waals surface area contributed by atoms with Gasteiger partial charge in [-0.15, -0.1) is 0 Å². The van der Waals surface area contributed by atoms with Gasteiger partial charge >= 0.3 is 0 Å². The van der Waals surface area contributed by atoms with Crippen LogP contribution >= 0.6 is 0 Å². The van der Waals surface area contributed by atoms with Gasteiger partial charge < -0.3 is 4.90 Å². The number of carbonyl (C=O) groups excluding carboxylic acids is 1. The highest BCUT2D eigenvalue weighted by Crippen LogP contribution is 2.26. The van der Waals surface area contributed by atoms with Gasteiger partial charge in [0, 0.05) is 32.7 Å². The fraction of sp³-hybridized carbons (Fsp3) is 0.323. The van der Waals surface area contributed by atoms with E-state index < -0.39 is 10.0 Å². The molecule has 1 saturated heterocycles. The Morgan fingerprint density at radius 1 is 0.895 bits per heavy atom. The van der Waals surface area contributed by atoms with Crippen molar-refractivity contribution in [2.75, 3.05) is 43.6 Å². The molecule has 0 unspecified atom stereocenters. The number of piperazine rings is 1. The van der Waals surface area contributed by atoms with Crippen molar-refractivity contribution in [2.24, 2.45) is 0 Å². The molecular weight excluding hydrogens is 494 g/mol. The first kappa shape index (κ1) is 27.6. The Morgan fingerprint density at radius 2 is 1.53 bits per heavy atom. The van der Waals surface area contributed by atoms with E-state index in [0.29, 0.717) is 24.7 Å². The van der Waals surface area contributed by atoms with Gasteiger partial charge in [0.15, 0.2) is 0 Å².